The quantitative estimate of drug-likeness (QED) is 0.483. The van der Waals surface area contributed by atoms with Gasteiger partial charge >= 0.3 is 0 Å². The van der Waals surface area contributed by atoms with Crippen molar-refractivity contribution in [2.24, 2.45) is 0 Å². The van der Waals surface area contributed by atoms with E-state index in [2.05, 4.69) is 36.6 Å². The Morgan fingerprint density at radius 3 is 2.72 bits per heavy atom. The zero-order chi connectivity index (χ0) is 21.8. The highest BCUT2D eigenvalue weighted by Gasteiger charge is 2.40. The van der Waals surface area contributed by atoms with Crippen molar-refractivity contribution in [2.75, 3.05) is 4.90 Å². The van der Waals surface area contributed by atoms with Crippen molar-refractivity contribution >= 4 is 5.82 Å². The van der Waals surface area contributed by atoms with Gasteiger partial charge in [0.25, 0.3) is 0 Å². The molecule has 1 saturated carbocycles. The van der Waals surface area contributed by atoms with Gasteiger partial charge in [0.15, 0.2) is 11.6 Å². The van der Waals surface area contributed by atoms with Gasteiger partial charge in [-0.2, -0.15) is 4.98 Å². The molecule has 2 aliphatic rings. The predicted octanol–water partition coefficient (Wildman–Crippen LogP) is 4.18. The van der Waals surface area contributed by atoms with E-state index in [-0.39, 0.29) is 11.9 Å². The minimum atomic E-state index is -0.329. The first kappa shape index (κ1) is 19.1. The molecule has 1 fully saturated rings. The standard InChI is InChI=1S/C23H23FN8/c1-3-18-22-29-28-14(2)31(22)19-13-26-23(27-21(19)32(18)15-7-6-8-15)30-12-11-25-20(30)16-9-4-5-10-17(16)24/h4-5,9-13,15,18H,3,6-8H2,1-2H3/t18-/m1/s1. The maximum absolute atomic E-state index is 14.5. The van der Waals surface area contributed by atoms with Crippen molar-refractivity contribution in [1.82, 2.24) is 34.3 Å². The highest BCUT2D eigenvalue weighted by atomic mass is 19.1. The monoisotopic (exact) mass is 430 g/mol. The molecule has 3 aromatic heterocycles. The third-order valence-corrected chi connectivity index (χ3v) is 6.53. The van der Waals surface area contributed by atoms with Crippen LogP contribution in [0.1, 0.15) is 50.3 Å². The van der Waals surface area contributed by atoms with Crippen LogP contribution >= 0.6 is 0 Å². The van der Waals surface area contributed by atoms with Crippen molar-refractivity contribution < 1.29 is 4.39 Å². The van der Waals surface area contributed by atoms with Crippen LogP contribution < -0.4 is 4.90 Å². The minimum Gasteiger partial charge on any atom is -0.341 e. The van der Waals surface area contributed by atoms with Crippen molar-refractivity contribution in [2.45, 2.75) is 51.6 Å². The topological polar surface area (TPSA) is 77.5 Å². The van der Waals surface area contributed by atoms with Gasteiger partial charge in [-0.05, 0) is 44.7 Å². The van der Waals surface area contributed by atoms with Gasteiger partial charge in [-0.1, -0.05) is 19.1 Å². The van der Waals surface area contributed by atoms with Crippen LogP contribution in [0.15, 0.2) is 42.9 Å². The molecule has 6 rings (SSSR count). The lowest BCUT2D eigenvalue weighted by molar-refractivity contribution is 0.341. The predicted molar refractivity (Wildman–Crippen MR) is 117 cm³/mol. The number of halogens is 1. The minimum absolute atomic E-state index is 0.102. The van der Waals surface area contributed by atoms with Gasteiger partial charge in [0, 0.05) is 18.4 Å². The Kier molecular flexibility index (Phi) is 4.31. The largest absolute Gasteiger partial charge is 0.341 e. The fraction of sp³-hybridized carbons (Fsp3) is 0.348. The molecule has 0 bridgehead atoms. The number of nitrogens with zero attached hydrogens (tertiary/aromatic N) is 8. The summed E-state index contributed by atoms with van der Waals surface area (Å²) in [5.74, 6) is 3.24. The van der Waals surface area contributed by atoms with Crippen LogP contribution in [0.3, 0.4) is 0 Å². The highest BCUT2D eigenvalue weighted by molar-refractivity contribution is 5.64. The Labute approximate surface area is 184 Å². The number of aryl methyl sites for hydroxylation is 1. The molecule has 0 radical (unpaired) electrons. The smallest absolute Gasteiger partial charge is 0.237 e. The van der Waals surface area contributed by atoms with Crippen molar-refractivity contribution in [3.63, 3.8) is 0 Å². The molecule has 0 saturated heterocycles. The second-order valence-corrected chi connectivity index (χ2v) is 8.34. The van der Waals surface area contributed by atoms with E-state index in [1.807, 2.05) is 13.1 Å². The number of aromatic nitrogens is 7. The third-order valence-electron chi connectivity index (χ3n) is 6.53. The summed E-state index contributed by atoms with van der Waals surface area (Å²) in [7, 11) is 0. The molecule has 8 nitrogen and oxygen atoms in total. The zero-order valence-corrected chi connectivity index (χ0v) is 18.0. The number of hydrogen-bond acceptors (Lipinski definition) is 6. The van der Waals surface area contributed by atoms with E-state index in [0.29, 0.717) is 23.4 Å². The Hall–Kier alpha value is -3.62. The van der Waals surface area contributed by atoms with Gasteiger partial charge in [-0.3, -0.25) is 9.13 Å². The molecule has 1 aliphatic heterocycles. The van der Waals surface area contributed by atoms with Crippen LogP contribution in [0.2, 0.25) is 0 Å². The van der Waals surface area contributed by atoms with Crippen molar-refractivity contribution in [1.29, 1.82) is 0 Å². The number of benzene rings is 1. The van der Waals surface area contributed by atoms with Crippen LogP contribution in [0.25, 0.3) is 23.0 Å². The maximum Gasteiger partial charge on any atom is 0.237 e. The molecule has 0 N–H and O–H groups in total. The third kappa shape index (κ3) is 2.70. The maximum atomic E-state index is 14.5. The lowest BCUT2D eigenvalue weighted by Gasteiger charge is -2.45. The van der Waals surface area contributed by atoms with E-state index in [1.54, 1.807) is 35.2 Å². The molecule has 32 heavy (non-hydrogen) atoms. The number of rotatable bonds is 4. The van der Waals surface area contributed by atoms with Crippen LogP contribution in [0.4, 0.5) is 10.2 Å². The summed E-state index contributed by atoms with van der Waals surface area (Å²) < 4.78 is 18.3. The molecule has 1 aromatic carbocycles. The average Bonchev–Trinajstić information content (AvgIpc) is 3.40. The molecule has 0 spiro atoms. The first-order valence-corrected chi connectivity index (χ1v) is 11.0. The summed E-state index contributed by atoms with van der Waals surface area (Å²) in [5, 5.41) is 8.84. The van der Waals surface area contributed by atoms with Crippen LogP contribution in [0.5, 0.6) is 0 Å². The summed E-state index contributed by atoms with van der Waals surface area (Å²) in [6.07, 6.45) is 9.62. The Balaban J connectivity index is 1.53. The first-order chi connectivity index (χ1) is 15.7. The SMILES string of the molecule is CC[C@@H]1c2nnc(C)n2-c2cnc(-n3ccnc3-c3ccccc3F)nc2N1C1CCC1. The van der Waals surface area contributed by atoms with Gasteiger partial charge < -0.3 is 4.90 Å². The molecule has 0 unspecified atom stereocenters. The van der Waals surface area contributed by atoms with Gasteiger partial charge in [-0.25, -0.2) is 14.4 Å². The van der Waals surface area contributed by atoms with Crippen molar-refractivity contribution in [3.8, 4) is 23.0 Å². The average molecular weight is 430 g/mol. The molecule has 162 valence electrons. The van der Waals surface area contributed by atoms with Crippen LogP contribution in [0, 0.1) is 12.7 Å². The van der Waals surface area contributed by atoms with E-state index in [0.717, 1.165) is 42.4 Å². The van der Waals surface area contributed by atoms with E-state index < -0.39 is 0 Å². The molecule has 9 heteroatoms. The van der Waals surface area contributed by atoms with E-state index >= 15 is 0 Å². The highest BCUT2D eigenvalue weighted by Crippen LogP contribution is 2.44. The van der Waals surface area contributed by atoms with Crippen molar-refractivity contribution in [3.05, 3.63) is 60.3 Å². The molecular formula is C23H23FN8. The van der Waals surface area contributed by atoms with E-state index in [1.165, 1.54) is 12.5 Å². The lowest BCUT2D eigenvalue weighted by atomic mass is 9.89. The molecule has 4 aromatic rings. The first-order valence-electron chi connectivity index (χ1n) is 11.0. The van der Waals surface area contributed by atoms with Gasteiger partial charge in [-0.15, -0.1) is 10.2 Å². The molecule has 1 aliphatic carbocycles. The number of fused-ring (bicyclic) bond motifs is 3. The van der Waals surface area contributed by atoms with Crippen LogP contribution in [-0.2, 0) is 0 Å². The summed E-state index contributed by atoms with van der Waals surface area (Å²) in [4.78, 5) is 16.4. The number of anilines is 1. The summed E-state index contributed by atoms with van der Waals surface area (Å²) in [6, 6.07) is 7.13. The second-order valence-electron chi connectivity index (χ2n) is 8.34. The second kappa shape index (κ2) is 7.22. The Bertz CT molecular complexity index is 1310. The number of imidazole rings is 1. The summed E-state index contributed by atoms with van der Waals surface area (Å²) in [5.41, 5.74) is 1.30. The van der Waals surface area contributed by atoms with Gasteiger partial charge in [0.05, 0.1) is 17.8 Å². The summed E-state index contributed by atoms with van der Waals surface area (Å²) in [6.45, 7) is 4.12. The molecule has 1 atom stereocenters. The van der Waals surface area contributed by atoms with Gasteiger partial charge in [0.2, 0.25) is 5.95 Å². The lowest BCUT2D eigenvalue weighted by Crippen LogP contribution is -2.46. The molecular weight excluding hydrogens is 407 g/mol. The molecule has 0 amide bonds. The fourth-order valence-corrected chi connectivity index (χ4v) is 4.76. The summed E-state index contributed by atoms with van der Waals surface area (Å²) >= 11 is 0. The van der Waals surface area contributed by atoms with E-state index in [9.17, 15) is 4.39 Å². The Morgan fingerprint density at radius 2 is 1.97 bits per heavy atom. The fourth-order valence-electron chi connectivity index (χ4n) is 4.76. The van der Waals surface area contributed by atoms with Gasteiger partial charge in [0.1, 0.15) is 23.2 Å². The van der Waals surface area contributed by atoms with E-state index in [4.69, 9.17) is 4.98 Å². The normalized spacial score (nSPS) is 17.7. The number of hydrogen-bond donors (Lipinski definition) is 0. The van der Waals surface area contributed by atoms with Crippen LogP contribution in [-0.4, -0.2) is 40.3 Å². The molecule has 4 heterocycles. The zero-order valence-electron chi connectivity index (χ0n) is 18.0. The Morgan fingerprint density at radius 1 is 1.12 bits per heavy atom.